The number of carbonyl (C=O) groups is 1. The zero-order valence-electron chi connectivity index (χ0n) is 17.1. The van der Waals surface area contributed by atoms with Gasteiger partial charge in [0.25, 0.3) is 5.91 Å². The number of aliphatic imine (C=N–C) groups is 1. The monoisotopic (exact) mass is 490 g/mol. The summed E-state index contributed by atoms with van der Waals surface area (Å²) >= 11 is 13.8. The first-order valence-corrected chi connectivity index (χ1v) is 11.6. The molecule has 4 nitrogen and oxygen atoms in total. The summed E-state index contributed by atoms with van der Waals surface area (Å²) in [5.41, 5.74) is 2.21. The van der Waals surface area contributed by atoms with Crippen molar-refractivity contribution in [2.75, 3.05) is 4.90 Å². The lowest BCUT2D eigenvalue weighted by molar-refractivity contribution is -0.113. The number of amides is 1. The van der Waals surface area contributed by atoms with Gasteiger partial charge in [-0.05, 0) is 60.3 Å². The molecule has 1 fully saturated rings. The maximum Gasteiger partial charge on any atom is 0.271 e. The minimum absolute atomic E-state index is 0.167. The van der Waals surface area contributed by atoms with Crippen LogP contribution in [0, 0.1) is 0 Å². The van der Waals surface area contributed by atoms with Crippen LogP contribution < -0.4 is 4.90 Å². The molecule has 4 aromatic rings. The molecule has 0 atom stereocenters. The first-order chi connectivity index (χ1) is 16.1. The van der Waals surface area contributed by atoms with E-state index >= 15 is 0 Å². The molecule has 1 amide bonds. The molecule has 2 heterocycles. The highest BCUT2D eigenvalue weighted by molar-refractivity contribution is 8.19. The second-order valence-corrected chi connectivity index (χ2v) is 8.91. The van der Waals surface area contributed by atoms with E-state index in [1.165, 1.54) is 11.8 Å². The summed E-state index contributed by atoms with van der Waals surface area (Å²) in [5, 5.41) is 1.45. The molecular formula is C26H16Cl2N2O2S. The fourth-order valence-corrected chi connectivity index (χ4v) is 4.74. The first-order valence-electron chi connectivity index (χ1n) is 10.1. The van der Waals surface area contributed by atoms with Crippen molar-refractivity contribution >= 4 is 63.5 Å². The van der Waals surface area contributed by atoms with E-state index in [-0.39, 0.29) is 5.91 Å². The third kappa shape index (κ3) is 4.48. The van der Waals surface area contributed by atoms with Crippen molar-refractivity contribution in [3.8, 4) is 11.3 Å². The normalized spacial score (nSPS) is 16.2. The molecule has 162 valence electrons. The molecule has 1 aliphatic rings. The summed E-state index contributed by atoms with van der Waals surface area (Å²) in [6.45, 7) is 0. The number of carbonyl (C=O) groups excluding carboxylic acids is 1. The molecule has 0 unspecified atom stereocenters. The average Bonchev–Trinajstić information content (AvgIpc) is 3.41. The Bertz CT molecular complexity index is 1380. The lowest BCUT2D eigenvalue weighted by Crippen LogP contribution is -2.28. The number of nitrogens with zero attached hydrogens (tertiary/aromatic N) is 2. The van der Waals surface area contributed by atoms with Gasteiger partial charge in [0.05, 0.1) is 26.3 Å². The van der Waals surface area contributed by atoms with Crippen LogP contribution in [0.5, 0.6) is 0 Å². The number of thioether (sulfide) groups is 1. The minimum atomic E-state index is -0.167. The fourth-order valence-electron chi connectivity index (χ4n) is 3.36. The summed E-state index contributed by atoms with van der Waals surface area (Å²) in [4.78, 5) is 20.2. The number of hydrogen-bond acceptors (Lipinski definition) is 4. The number of benzene rings is 3. The van der Waals surface area contributed by atoms with E-state index in [0.29, 0.717) is 37.2 Å². The molecule has 0 spiro atoms. The Morgan fingerprint density at radius 3 is 2.33 bits per heavy atom. The fraction of sp³-hybridized carbons (Fsp3) is 0. The molecule has 0 radical (unpaired) electrons. The van der Waals surface area contributed by atoms with Crippen LogP contribution in [-0.4, -0.2) is 11.1 Å². The average molecular weight is 491 g/mol. The van der Waals surface area contributed by atoms with Crippen molar-refractivity contribution in [3.05, 3.63) is 112 Å². The lowest BCUT2D eigenvalue weighted by atomic mass is 10.2. The SMILES string of the molecule is O=C1C(=Cc2ccc(-c3cccc(Cl)c3Cl)o2)SC(=Nc2ccccc2)N1c1ccccc1. The van der Waals surface area contributed by atoms with E-state index in [2.05, 4.69) is 0 Å². The van der Waals surface area contributed by atoms with Gasteiger partial charge in [-0.25, -0.2) is 4.99 Å². The largest absolute Gasteiger partial charge is 0.457 e. The molecule has 7 heteroatoms. The first kappa shape index (κ1) is 21.6. The minimum Gasteiger partial charge on any atom is -0.457 e. The highest BCUT2D eigenvalue weighted by atomic mass is 35.5. The Kier molecular flexibility index (Phi) is 6.09. The van der Waals surface area contributed by atoms with Crippen LogP contribution in [0.4, 0.5) is 11.4 Å². The van der Waals surface area contributed by atoms with Crippen molar-refractivity contribution in [2.24, 2.45) is 4.99 Å². The van der Waals surface area contributed by atoms with Gasteiger partial charge >= 0.3 is 0 Å². The van der Waals surface area contributed by atoms with Crippen molar-refractivity contribution < 1.29 is 9.21 Å². The second kappa shape index (κ2) is 9.32. The van der Waals surface area contributed by atoms with Gasteiger partial charge in [-0.15, -0.1) is 0 Å². The van der Waals surface area contributed by atoms with Crippen LogP contribution in [0.25, 0.3) is 17.4 Å². The van der Waals surface area contributed by atoms with E-state index in [1.807, 2.05) is 78.9 Å². The van der Waals surface area contributed by atoms with Gasteiger partial charge in [-0.1, -0.05) is 65.7 Å². The Labute approximate surface area is 205 Å². The van der Waals surface area contributed by atoms with E-state index in [4.69, 9.17) is 32.6 Å². The summed E-state index contributed by atoms with van der Waals surface area (Å²) in [5.74, 6) is 0.938. The zero-order chi connectivity index (χ0) is 22.8. The van der Waals surface area contributed by atoms with Crippen LogP contribution in [0.15, 0.2) is 105 Å². The highest BCUT2D eigenvalue weighted by Crippen LogP contribution is 2.39. The highest BCUT2D eigenvalue weighted by Gasteiger charge is 2.35. The molecule has 0 aliphatic carbocycles. The Morgan fingerprint density at radius 1 is 0.848 bits per heavy atom. The molecule has 1 aromatic heterocycles. The van der Waals surface area contributed by atoms with Crippen LogP contribution in [-0.2, 0) is 4.79 Å². The van der Waals surface area contributed by atoms with Crippen molar-refractivity contribution in [2.45, 2.75) is 0 Å². The molecular weight excluding hydrogens is 475 g/mol. The van der Waals surface area contributed by atoms with Crippen LogP contribution in [0.1, 0.15) is 5.76 Å². The maximum absolute atomic E-state index is 13.4. The standard InChI is InChI=1S/C26H16Cl2N2O2S/c27-21-13-7-12-20(24(21)28)22-15-14-19(32-22)16-23-25(31)30(18-10-5-2-6-11-18)26(33-23)29-17-8-3-1-4-9-17/h1-16H. The molecule has 0 bridgehead atoms. The molecule has 5 rings (SSSR count). The van der Waals surface area contributed by atoms with Crippen LogP contribution >= 0.6 is 35.0 Å². The van der Waals surface area contributed by atoms with Crippen LogP contribution in [0.2, 0.25) is 10.0 Å². The molecule has 0 saturated carbocycles. The Balaban J connectivity index is 1.51. The van der Waals surface area contributed by atoms with Gasteiger partial charge < -0.3 is 4.42 Å². The molecule has 1 aliphatic heterocycles. The van der Waals surface area contributed by atoms with Gasteiger partial charge in [0.1, 0.15) is 11.5 Å². The smallest absolute Gasteiger partial charge is 0.271 e. The van der Waals surface area contributed by atoms with Gasteiger partial charge in [0.2, 0.25) is 0 Å². The lowest BCUT2D eigenvalue weighted by Gasteiger charge is -2.15. The number of rotatable bonds is 4. The third-order valence-electron chi connectivity index (χ3n) is 4.92. The van der Waals surface area contributed by atoms with Crippen molar-refractivity contribution in [3.63, 3.8) is 0 Å². The predicted molar refractivity (Wildman–Crippen MR) is 137 cm³/mol. The predicted octanol–water partition coefficient (Wildman–Crippen LogP) is 8.06. The van der Waals surface area contributed by atoms with Gasteiger partial charge in [-0.3, -0.25) is 9.69 Å². The Morgan fingerprint density at radius 2 is 1.58 bits per heavy atom. The van der Waals surface area contributed by atoms with E-state index in [9.17, 15) is 4.79 Å². The van der Waals surface area contributed by atoms with Crippen molar-refractivity contribution in [1.82, 2.24) is 0 Å². The number of halogens is 2. The number of amidine groups is 1. The summed E-state index contributed by atoms with van der Waals surface area (Å²) in [7, 11) is 0. The summed E-state index contributed by atoms with van der Waals surface area (Å²) < 4.78 is 5.97. The topological polar surface area (TPSA) is 45.8 Å². The maximum atomic E-state index is 13.4. The molecule has 33 heavy (non-hydrogen) atoms. The summed E-state index contributed by atoms with van der Waals surface area (Å²) in [6.07, 6.45) is 1.72. The second-order valence-electron chi connectivity index (χ2n) is 7.12. The van der Waals surface area contributed by atoms with Gasteiger partial charge in [-0.2, -0.15) is 0 Å². The zero-order valence-corrected chi connectivity index (χ0v) is 19.4. The number of furan rings is 1. The number of para-hydroxylation sites is 2. The number of hydrogen-bond donors (Lipinski definition) is 0. The van der Waals surface area contributed by atoms with E-state index in [1.54, 1.807) is 23.1 Å². The summed E-state index contributed by atoms with van der Waals surface area (Å²) in [6, 6.07) is 28.0. The van der Waals surface area contributed by atoms with E-state index in [0.717, 1.165) is 11.4 Å². The number of anilines is 1. The van der Waals surface area contributed by atoms with Crippen LogP contribution in [0.3, 0.4) is 0 Å². The van der Waals surface area contributed by atoms with Crippen molar-refractivity contribution in [1.29, 1.82) is 0 Å². The van der Waals surface area contributed by atoms with Gasteiger partial charge in [0, 0.05) is 11.6 Å². The molecule has 0 N–H and O–H groups in total. The van der Waals surface area contributed by atoms with E-state index < -0.39 is 0 Å². The van der Waals surface area contributed by atoms with Gasteiger partial charge in [0.15, 0.2) is 5.17 Å². The Hall–Kier alpha value is -3.25. The third-order valence-corrected chi connectivity index (χ3v) is 6.71. The molecule has 3 aromatic carbocycles. The quantitative estimate of drug-likeness (QED) is 0.271. The molecule has 1 saturated heterocycles.